The number of hydrogen-bond acceptors (Lipinski definition) is 3. The average molecular weight is 387 g/mol. The van der Waals surface area contributed by atoms with E-state index >= 15 is 0 Å². The molecule has 4 rings (SSSR count). The predicted molar refractivity (Wildman–Crippen MR) is 94.1 cm³/mol. The highest BCUT2D eigenvalue weighted by atomic mass is 19.1. The molecule has 1 aliphatic heterocycles. The summed E-state index contributed by atoms with van der Waals surface area (Å²) < 4.78 is 47.7. The number of amides is 1. The van der Waals surface area contributed by atoms with Gasteiger partial charge in [0.2, 0.25) is 5.88 Å². The molecule has 8 heteroatoms. The van der Waals surface area contributed by atoms with Crippen LogP contribution >= 0.6 is 0 Å². The zero-order valence-corrected chi connectivity index (χ0v) is 14.7. The van der Waals surface area contributed by atoms with Crippen LogP contribution in [0.15, 0.2) is 48.5 Å². The van der Waals surface area contributed by atoms with Crippen molar-refractivity contribution in [2.45, 2.75) is 19.7 Å². The van der Waals surface area contributed by atoms with Crippen LogP contribution in [0.3, 0.4) is 0 Å². The fourth-order valence-electron chi connectivity index (χ4n) is 3.11. The number of rotatable bonds is 4. The Bertz CT molecular complexity index is 1020. The van der Waals surface area contributed by atoms with Gasteiger partial charge in [-0.05, 0) is 18.2 Å². The van der Waals surface area contributed by atoms with Crippen molar-refractivity contribution < 1.29 is 22.7 Å². The molecule has 0 atom stereocenters. The molecule has 0 radical (unpaired) electrons. The number of carbonyl (C=O) groups is 1. The molecule has 1 amide bonds. The molecule has 2 heterocycles. The molecule has 5 nitrogen and oxygen atoms in total. The monoisotopic (exact) mass is 387 g/mol. The van der Waals surface area contributed by atoms with Crippen molar-refractivity contribution in [1.29, 1.82) is 0 Å². The molecule has 0 N–H and O–H groups in total. The third-order valence-electron chi connectivity index (χ3n) is 4.51. The zero-order valence-electron chi connectivity index (χ0n) is 14.7. The summed E-state index contributed by atoms with van der Waals surface area (Å²) >= 11 is 0. The first kappa shape index (κ1) is 18.1. The predicted octanol–water partition coefficient (Wildman–Crippen LogP) is 3.54. The van der Waals surface area contributed by atoms with Gasteiger partial charge in [0.05, 0.1) is 18.8 Å². The maximum Gasteiger partial charge on any atom is 0.254 e. The van der Waals surface area contributed by atoms with Crippen molar-refractivity contribution in [3.05, 3.63) is 82.8 Å². The van der Waals surface area contributed by atoms with Crippen LogP contribution in [0.2, 0.25) is 0 Å². The van der Waals surface area contributed by atoms with Gasteiger partial charge in [-0.15, -0.1) is 5.10 Å². The zero-order chi connectivity index (χ0) is 19.7. The molecular weight excluding hydrogens is 371 g/mol. The van der Waals surface area contributed by atoms with Crippen molar-refractivity contribution in [3.63, 3.8) is 0 Å². The highest BCUT2D eigenvalue weighted by molar-refractivity contribution is 5.94. The van der Waals surface area contributed by atoms with E-state index in [4.69, 9.17) is 4.74 Å². The summed E-state index contributed by atoms with van der Waals surface area (Å²) in [6, 6.07) is 10.7. The normalized spacial score (nSPS) is 13.3. The Morgan fingerprint density at radius 3 is 2.54 bits per heavy atom. The van der Waals surface area contributed by atoms with Gasteiger partial charge in [0, 0.05) is 29.8 Å². The lowest BCUT2D eigenvalue weighted by molar-refractivity contribution is 0.0705. The highest BCUT2D eigenvalue weighted by Crippen LogP contribution is 2.21. The Kier molecular flexibility index (Phi) is 4.77. The summed E-state index contributed by atoms with van der Waals surface area (Å²) in [7, 11) is 0. The Balaban J connectivity index is 1.45. The van der Waals surface area contributed by atoms with E-state index in [2.05, 4.69) is 5.10 Å². The van der Waals surface area contributed by atoms with Gasteiger partial charge in [-0.25, -0.2) is 13.2 Å². The lowest BCUT2D eigenvalue weighted by Gasteiger charge is -2.27. The molecule has 0 spiro atoms. The van der Waals surface area contributed by atoms with E-state index in [0.29, 0.717) is 24.5 Å². The summed E-state index contributed by atoms with van der Waals surface area (Å²) in [5.74, 6) is -2.09. The van der Waals surface area contributed by atoms with Gasteiger partial charge in [-0.2, -0.15) is 0 Å². The van der Waals surface area contributed by atoms with E-state index in [9.17, 15) is 18.0 Å². The van der Waals surface area contributed by atoms with E-state index in [1.54, 1.807) is 28.9 Å². The van der Waals surface area contributed by atoms with Crippen LogP contribution in [0, 0.1) is 17.5 Å². The fourth-order valence-corrected chi connectivity index (χ4v) is 3.11. The van der Waals surface area contributed by atoms with Gasteiger partial charge in [0.1, 0.15) is 24.1 Å². The molecule has 3 aromatic rings. The number of benzene rings is 2. The third-order valence-corrected chi connectivity index (χ3v) is 4.51. The van der Waals surface area contributed by atoms with Gasteiger partial charge >= 0.3 is 0 Å². The van der Waals surface area contributed by atoms with Crippen LogP contribution in [0.1, 0.15) is 21.6 Å². The second-order valence-corrected chi connectivity index (χ2v) is 6.46. The molecule has 2 aromatic carbocycles. The molecule has 28 heavy (non-hydrogen) atoms. The van der Waals surface area contributed by atoms with Gasteiger partial charge < -0.3 is 9.64 Å². The summed E-state index contributed by atoms with van der Waals surface area (Å²) in [5.41, 5.74) is 1.10. The number of nitrogens with zero attached hydrogens (tertiary/aromatic N) is 3. The van der Waals surface area contributed by atoms with E-state index < -0.39 is 17.5 Å². The van der Waals surface area contributed by atoms with Gasteiger partial charge in [-0.3, -0.25) is 9.48 Å². The largest absolute Gasteiger partial charge is 0.472 e. The van der Waals surface area contributed by atoms with Crippen LogP contribution in [-0.2, 0) is 19.7 Å². The molecule has 0 saturated carbocycles. The van der Waals surface area contributed by atoms with E-state index in [1.807, 2.05) is 0 Å². The third kappa shape index (κ3) is 3.71. The molecule has 0 bridgehead atoms. The Labute approximate surface area is 159 Å². The van der Waals surface area contributed by atoms with E-state index in [1.165, 1.54) is 11.0 Å². The van der Waals surface area contributed by atoms with E-state index in [-0.39, 0.29) is 24.5 Å². The Hall–Kier alpha value is -3.29. The lowest BCUT2D eigenvalue weighted by atomic mass is 10.1. The van der Waals surface area contributed by atoms with Crippen molar-refractivity contribution >= 4 is 5.91 Å². The van der Waals surface area contributed by atoms with Crippen LogP contribution < -0.4 is 4.74 Å². The van der Waals surface area contributed by atoms with Crippen molar-refractivity contribution in [2.75, 3.05) is 6.54 Å². The van der Waals surface area contributed by atoms with Crippen LogP contribution in [0.5, 0.6) is 5.88 Å². The van der Waals surface area contributed by atoms with Crippen LogP contribution in [-0.4, -0.2) is 27.1 Å². The maximum absolute atomic E-state index is 13.7. The molecule has 1 aliphatic rings. The topological polar surface area (TPSA) is 47.4 Å². The van der Waals surface area contributed by atoms with Gasteiger partial charge in [-0.1, -0.05) is 18.2 Å². The molecule has 0 aliphatic carbocycles. The van der Waals surface area contributed by atoms with Gasteiger partial charge in [0.15, 0.2) is 0 Å². The molecule has 0 unspecified atom stereocenters. The molecular formula is C20H16F3N3O2. The number of hydrogen-bond donors (Lipinski definition) is 0. The highest BCUT2D eigenvalue weighted by Gasteiger charge is 2.24. The summed E-state index contributed by atoms with van der Waals surface area (Å²) in [5, 5.41) is 4.30. The second-order valence-electron chi connectivity index (χ2n) is 6.46. The minimum atomic E-state index is -0.797. The second kappa shape index (κ2) is 7.38. The van der Waals surface area contributed by atoms with Crippen molar-refractivity contribution in [2.24, 2.45) is 0 Å². The quantitative estimate of drug-likeness (QED) is 0.688. The van der Waals surface area contributed by atoms with Crippen LogP contribution in [0.4, 0.5) is 13.2 Å². The number of ether oxygens (including phenoxy) is 1. The minimum absolute atomic E-state index is 0.0361. The smallest absolute Gasteiger partial charge is 0.254 e. The van der Waals surface area contributed by atoms with E-state index in [0.717, 1.165) is 23.9 Å². The Morgan fingerprint density at radius 2 is 1.79 bits per heavy atom. The number of halogens is 3. The number of aromatic nitrogens is 2. The first-order chi connectivity index (χ1) is 13.5. The van der Waals surface area contributed by atoms with Gasteiger partial charge in [0.25, 0.3) is 5.91 Å². The van der Waals surface area contributed by atoms with Crippen molar-refractivity contribution in [1.82, 2.24) is 14.7 Å². The molecule has 0 saturated heterocycles. The Morgan fingerprint density at radius 1 is 1.04 bits per heavy atom. The number of fused-ring (bicyclic) bond motifs is 1. The summed E-state index contributed by atoms with van der Waals surface area (Å²) in [6.07, 6.45) is 0. The van der Waals surface area contributed by atoms with Crippen LogP contribution in [0.25, 0.3) is 0 Å². The minimum Gasteiger partial charge on any atom is -0.472 e. The summed E-state index contributed by atoms with van der Waals surface area (Å²) in [6.45, 7) is 1.03. The maximum atomic E-state index is 13.7. The summed E-state index contributed by atoms with van der Waals surface area (Å²) in [4.78, 5) is 14.1. The molecule has 144 valence electrons. The molecule has 0 fully saturated rings. The average Bonchev–Trinajstić information content (AvgIpc) is 3.08. The SMILES string of the molecule is O=C(c1cc(F)cc(F)c1)N1CCn2nc(OCc3ccccc3F)cc2C1. The lowest BCUT2D eigenvalue weighted by Crippen LogP contribution is -2.38. The standard InChI is InChI=1S/C20H16F3N3O2/c21-15-7-14(8-16(22)9-15)20(27)25-5-6-26-17(11-25)10-19(24-26)28-12-13-3-1-2-4-18(13)23/h1-4,7-10H,5-6,11-12H2. The first-order valence-electron chi connectivity index (χ1n) is 8.68. The number of carbonyl (C=O) groups excluding carboxylic acids is 1. The fraction of sp³-hybridized carbons (Fsp3) is 0.200. The molecule has 1 aromatic heterocycles. The van der Waals surface area contributed by atoms with Crippen molar-refractivity contribution in [3.8, 4) is 5.88 Å². The first-order valence-corrected chi connectivity index (χ1v) is 8.68.